The number of ketones is 1. The molecule has 0 bridgehead atoms. The van der Waals surface area contributed by atoms with Crippen molar-refractivity contribution in [1.29, 1.82) is 0 Å². The summed E-state index contributed by atoms with van der Waals surface area (Å²) in [6.07, 6.45) is 1.55. The van der Waals surface area contributed by atoms with E-state index in [2.05, 4.69) is 4.98 Å². The van der Waals surface area contributed by atoms with E-state index in [1.54, 1.807) is 54.0 Å². The van der Waals surface area contributed by atoms with Gasteiger partial charge in [-0.15, -0.1) is 11.3 Å². The summed E-state index contributed by atoms with van der Waals surface area (Å²) in [6, 6.07) is 11.0. The number of methoxy groups -OCH3 is 2. The number of carbonyl (C=O) groups excluding carboxylic acids is 2. The molecule has 1 unspecified atom stereocenters. The molecule has 3 heterocycles. The minimum Gasteiger partial charge on any atom is -0.503 e. The molecule has 0 fully saturated rings. The lowest BCUT2D eigenvalue weighted by atomic mass is 9.95. The highest BCUT2D eigenvalue weighted by Crippen LogP contribution is 2.45. The van der Waals surface area contributed by atoms with E-state index in [1.807, 2.05) is 6.92 Å². The fraction of sp³-hybridized carbons (Fsp3) is 0.192. The van der Waals surface area contributed by atoms with Gasteiger partial charge in [0, 0.05) is 17.0 Å². The van der Waals surface area contributed by atoms with Crippen molar-refractivity contribution in [3.63, 3.8) is 0 Å². The number of furan rings is 1. The topological polar surface area (TPSA) is 111 Å². The normalized spacial score (nSPS) is 15.6. The summed E-state index contributed by atoms with van der Waals surface area (Å²) in [5, 5.41) is 13.6. The van der Waals surface area contributed by atoms with E-state index in [-0.39, 0.29) is 11.3 Å². The number of aromatic nitrogens is 1. The van der Waals surface area contributed by atoms with Gasteiger partial charge in [-0.05, 0) is 36.8 Å². The molecule has 1 atom stereocenters. The highest BCUT2D eigenvalue weighted by molar-refractivity contribution is 7.13. The average molecular weight is 507 g/mol. The van der Waals surface area contributed by atoms with Gasteiger partial charge < -0.3 is 23.7 Å². The Labute approximate surface area is 210 Å². The molecule has 0 radical (unpaired) electrons. The van der Waals surface area contributed by atoms with E-state index >= 15 is 0 Å². The predicted molar refractivity (Wildman–Crippen MR) is 133 cm³/mol. The molecule has 0 saturated carbocycles. The number of fused-ring (bicyclic) bond motifs is 1. The lowest BCUT2D eigenvalue weighted by molar-refractivity contribution is -0.117. The van der Waals surface area contributed by atoms with Crippen LogP contribution in [0.2, 0.25) is 0 Å². The van der Waals surface area contributed by atoms with Crippen LogP contribution in [-0.2, 0) is 4.79 Å². The van der Waals surface area contributed by atoms with Gasteiger partial charge in [-0.3, -0.25) is 14.5 Å². The molecule has 2 aromatic carbocycles. The first-order valence-corrected chi connectivity index (χ1v) is 11.9. The van der Waals surface area contributed by atoms with Crippen LogP contribution in [0.5, 0.6) is 17.2 Å². The van der Waals surface area contributed by atoms with Crippen molar-refractivity contribution < 1.29 is 33.3 Å². The number of aliphatic hydroxyl groups is 1. The number of Topliss-reactive ketones (excluding diaryl/α,β-unsaturated/α-hetero) is 1. The quantitative estimate of drug-likeness (QED) is 0.329. The van der Waals surface area contributed by atoms with E-state index < -0.39 is 23.5 Å². The molecule has 10 heteroatoms. The van der Waals surface area contributed by atoms with E-state index in [0.717, 1.165) is 0 Å². The SMILES string of the molecule is CCOc1ccc(C2C(C(=O)c3cc4cccc(OC)c4o3)=C(O)C(=O)N2c2nccs2)cc1OC. The number of anilines is 1. The zero-order valence-electron chi connectivity index (χ0n) is 19.7. The molecule has 1 aliphatic heterocycles. The van der Waals surface area contributed by atoms with Crippen molar-refractivity contribution in [3.05, 3.63) is 76.7 Å². The van der Waals surface area contributed by atoms with E-state index in [4.69, 9.17) is 18.6 Å². The van der Waals surface area contributed by atoms with Crippen molar-refractivity contribution in [3.8, 4) is 17.2 Å². The largest absolute Gasteiger partial charge is 0.503 e. The number of thiazole rings is 1. The Morgan fingerprint density at radius 3 is 2.64 bits per heavy atom. The van der Waals surface area contributed by atoms with Crippen LogP contribution < -0.4 is 19.1 Å². The number of amides is 1. The zero-order chi connectivity index (χ0) is 25.4. The smallest absolute Gasteiger partial charge is 0.296 e. The molecule has 0 saturated heterocycles. The van der Waals surface area contributed by atoms with Crippen LogP contribution in [0, 0.1) is 0 Å². The third kappa shape index (κ3) is 3.75. The summed E-state index contributed by atoms with van der Waals surface area (Å²) in [5.74, 6) is -0.666. The second kappa shape index (κ2) is 9.38. The summed E-state index contributed by atoms with van der Waals surface area (Å²) < 4.78 is 22.3. The number of ether oxygens (including phenoxy) is 3. The maximum absolute atomic E-state index is 13.8. The summed E-state index contributed by atoms with van der Waals surface area (Å²) in [4.78, 5) is 32.6. The number of para-hydroxylation sites is 1. The summed E-state index contributed by atoms with van der Waals surface area (Å²) in [6.45, 7) is 2.29. The van der Waals surface area contributed by atoms with Crippen molar-refractivity contribution >= 4 is 39.1 Å². The van der Waals surface area contributed by atoms with Crippen LogP contribution >= 0.6 is 11.3 Å². The van der Waals surface area contributed by atoms with Crippen LogP contribution in [0.4, 0.5) is 5.13 Å². The molecule has 5 rings (SSSR count). The third-order valence-corrected chi connectivity index (χ3v) is 6.60. The molecule has 36 heavy (non-hydrogen) atoms. The van der Waals surface area contributed by atoms with Crippen LogP contribution in [0.15, 0.2) is 69.8 Å². The van der Waals surface area contributed by atoms with E-state index in [1.165, 1.54) is 30.5 Å². The Morgan fingerprint density at radius 2 is 1.94 bits per heavy atom. The number of benzene rings is 2. The highest BCUT2D eigenvalue weighted by atomic mass is 32.1. The number of aliphatic hydroxyl groups excluding tert-OH is 1. The maximum Gasteiger partial charge on any atom is 0.296 e. The minimum atomic E-state index is -0.976. The second-order valence-electron chi connectivity index (χ2n) is 7.82. The Kier molecular flexibility index (Phi) is 6.11. The number of hydrogen-bond acceptors (Lipinski definition) is 9. The Bertz CT molecular complexity index is 1490. The van der Waals surface area contributed by atoms with E-state index in [0.29, 0.717) is 45.5 Å². The van der Waals surface area contributed by atoms with E-state index in [9.17, 15) is 14.7 Å². The minimum absolute atomic E-state index is 0.0345. The first-order chi connectivity index (χ1) is 17.5. The Morgan fingerprint density at radius 1 is 1.14 bits per heavy atom. The van der Waals surface area contributed by atoms with Gasteiger partial charge in [-0.25, -0.2) is 4.98 Å². The van der Waals surface area contributed by atoms with Gasteiger partial charge in [0.2, 0.25) is 5.78 Å². The van der Waals surface area contributed by atoms with Gasteiger partial charge in [-0.1, -0.05) is 18.2 Å². The summed E-state index contributed by atoms with van der Waals surface area (Å²) in [5.41, 5.74) is 0.795. The first-order valence-electron chi connectivity index (χ1n) is 11.1. The van der Waals surface area contributed by atoms with Gasteiger partial charge >= 0.3 is 0 Å². The lowest BCUT2D eigenvalue weighted by Gasteiger charge is -2.25. The van der Waals surface area contributed by atoms with Gasteiger partial charge in [0.15, 0.2) is 39.5 Å². The molecule has 1 amide bonds. The molecule has 0 aliphatic carbocycles. The zero-order valence-corrected chi connectivity index (χ0v) is 20.5. The number of hydrogen-bond donors (Lipinski definition) is 1. The van der Waals surface area contributed by atoms with Crippen LogP contribution in [0.3, 0.4) is 0 Å². The molecule has 184 valence electrons. The second-order valence-corrected chi connectivity index (χ2v) is 8.69. The molecule has 0 spiro atoms. The predicted octanol–water partition coefficient (Wildman–Crippen LogP) is 5.09. The fourth-order valence-corrected chi connectivity index (χ4v) is 4.92. The molecular formula is C26H22N2O7S. The molecule has 4 aromatic rings. The number of rotatable bonds is 8. The van der Waals surface area contributed by atoms with Crippen molar-refractivity contribution in [2.45, 2.75) is 13.0 Å². The highest BCUT2D eigenvalue weighted by Gasteiger charge is 2.46. The average Bonchev–Trinajstić information content (AvgIpc) is 3.63. The van der Waals surface area contributed by atoms with Crippen LogP contribution in [-0.4, -0.2) is 42.6 Å². The Hall–Kier alpha value is -4.31. The van der Waals surface area contributed by atoms with Gasteiger partial charge in [-0.2, -0.15) is 0 Å². The lowest BCUT2D eigenvalue weighted by Crippen LogP contribution is -2.31. The maximum atomic E-state index is 13.8. The van der Waals surface area contributed by atoms with Crippen LogP contribution in [0.1, 0.15) is 29.1 Å². The third-order valence-electron chi connectivity index (χ3n) is 5.83. The summed E-state index contributed by atoms with van der Waals surface area (Å²) >= 11 is 1.21. The molecule has 1 aliphatic rings. The molecule has 2 aromatic heterocycles. The molecular weight excluding hydrogens is 484 g/mol. The number of nitrogens with zero attached hydrogens (tertiary/aromatic N) is 2. The van der Waals surface area contributed by atoms with Crippen LogP contribution in [0.25, 0.3) is 11.0 Å². The Balaban J connectivity index is 1.66. The van der Waals surface area contributed by atoms with Gasteiger partial charge in [0.1, 0.15) is 0 Å². The van der Waals surface area contributed by atoms with Crippen molar-refractivity contribution in [2.75, 3.05) is 25.7 Å². The number of carbonyl (C=O) groups is 2. The molecule has 1 N–H and O–H groups in total. The van der Waals surface area contributed by atoms with Gasteiger partial charge in [0.25, 0.3) is 5.91 Å². The van der Waals surface area contributed by atoms with Gasteiger partial charge in [0.05, 0.1) is 32.4 Å². The fourth-order valence-electron chi connectivity index (χ4n) is 4.26. The standard InChI is InChI=1S/C26H22N2O7S/c1-4-34-16-9-8-14(12-18(16)33-3)21-20(23(30)25(31)28(21)26-27-10-11-36-26)22(29)19-13-15-6-5-7-17(32-2)24(15)35-19/h5-13,21,30H,4H2,1-3H3. The molecule has 9 nitrogen and oxygen atoms in total. The van der Waals surface area contributed by atoms with Crippen molar-refractivity contribution in [2.24, 2.45) is 0 Å². The van der Waals surface area contributed by atoms with Crippen molar-refractivity contribution in [1.82, 2.24) is 4.98 Å². The monoisotopic (exact) mass is 506 g/mol. The summed E-state index contributed by atoms with van der Waals surface area (Å²) in [7, 11) is 3.01. The first kappa shape index (κ1) is 23.4.